The highest BCUT2D eigenvalue weighted by atomic mass is 32.2. The van der Waals surface area contributed by atoms with Crippen LogP contribution in [0.25, 0.3) is 0 Å². The maximum atomic E-state index is 12.8. The van der Waals surface area contributed by atoms with Gasteiger partial charge in [-0.3, -0.25) is 0 Å². The van der Waals surface area contributed by atoms with E-state index >= 15 is 0 Å². The Morgan fingerprint density at radius 2 is 2.19 bits per heavy atom. The molecular weight excluding hydrogens is 312 g/mol. The number of rotatable bonds is 7. The molecule has 0 aliphatic rings. The zero-order valence-electron chi connectivity index (χ0n) is 12.2. The van der Waals surface area contributed by atoms with Gasteiger partial charge in [0.05, 0.1) is 6.61 Å². The number of methoxy groups -OCH3 is 1. The normalized spacial score (nSPS) is 12.2. The molecule has 0 bridgehead atoms. The fourth-order valence-corrected chi connectivity index (χ4v) is 4.52. The molecule has 21 heavy (non-hydrogen) atoms. The Labute approximate surface area is 128 Å². The van der Waals surface area contributed by atoms with Gasteiger partial charge in [-0.2, -0.15) is 4.31 Å². The van der Waals surface area contributed by atoms with Gasteiger partial charge in [-0.1, -0.05) is 11.2 Å². The van der Waals surface area contributed by atoms with E-state index in [9.17, 15) is 8.42 Å². The van der Waals surface area contributed by atoms with Crippen LogP contribution >= 0.6 is 11.3 Å². The minimum Gasteiger partial charge on any atom is -0.383 e. The van der Waals surface area contributed by atoms with E-state index in [4.69, 9.17) is 9.26 Å². The SMILES string of the molecule is COCCN(Cc1cccs1)S(=O)(=O)c1c(C)noc1C. The monoisotopic (exact) mass is 330 g/mol. The summed E-state index contributed by atoms with van der Waals surface area (Å²) in [6.45, 7) is 4.15. The van der Waals surface area contributed by atoms with Crippen molar-refractivity contribution in [2.75, 3.05) is 20.3 Å². The highest BCUT2D eigenvalue weighted by Crippen LogP contribution is 2.25. The topological polar surface area (TPSA) is 72.6 Å². The lowest BCUT2D eigenvalue weighted by molar-refractivity contribution is 0.177. The summed E-state index contributed by atoms with van der Waals surface area (Å²) in [5, 5.41) is 5.66. The van der Waals surface area contributed by atoms with Gasteiger partial charge in [0.1, 0.15) is 10.6 Å². The van der Waals surface area contributed by atoms with E-state index < -0.39 is 10.0 Å². The first-order valence-corrected chi connectivity index (χ1v) is 8.73. The number of hydrogen-bond donors (Lipinski definition) is 0. The second-order valence-corrected chi connectivity index (χ2v) is 7.47. The molecule has 0 aliphatic heterocycles. The first-order valence-electron chi connectivity index (χ1n) is 6.41. The Kier molecular flexibility index (Phi) is 5.15. The van der Waals surface area contributed by atoms with Crippen LogP contribution in [0.2, 0.25) is 0 Å². The van der Waals surface area contributed by atoms with Crippen molar-refractivity contribution in [2.24, 2.45) is 0 Å². The van der Waals surface area contributed by atoms with E-state index in [1.807, 2.05) is 17.5 Å². The number of aromatic nitrogens is 1. The van der Waals surface area contributed by atoms with Crippen molar-refractivity contribution >= 4 is 21.4 Å². The van der Waals surface area contributed by atoms with Crippen molar-refractivity contribution in [3.8, 4) is 0 Å². The highest BCUT2D eigenvalue weighted by molar-refractivity contribution is 7.89. The third-order valence-electron chi connectivity index (χ3n) is 3.02. The standard InChI is InChI=1S/C13H18N2O4S2/c1-10-13(11(2)19-14-10)21(16,17)15(6-7-18-3)9-12-5-4-8-20-12/h4-5,8H,6-7,9H2,1-3H3. The van der Waals surface area contributed by atoms with Gasteiger partial charge >= 0.3 is 0 Å². The fraction of sp³-hybridized carbons (Fsp3) is 0.462. The molecule has 0 saturated heterocycles. The molecule has 0 N–H and O–H groups in total. The molecule has 0 saturated carbocycles. The van der Waals surface area contributed by atoms with E-state index in [1.165, 1.54) is 15.6 Å². The predicted molar refractivity (Wildman–Crippen MR) is 79.8 cm³/mol. The molecule has 0 spiro atoms. The molecule has 116 valence electrons. The third-order valence-corrected chi connectivity index (χ3v) is 5.97. The first-order chi connectivity index (χ1) is 9.96. The van der Waals surface area contributed by atoms with Crippen molar-refractivity contribution in [3.05, 3.63) is 33.8 Å². The summed E-state index contributed by atoms with van der Waals surface area (Å²) in [6, 6.07) is 3.81. The second kappa shape index (κ2) is 6.69. The smallest absolute Gasteiger partial charge is 0.248 e. The molecule has 0 aromatic carbocycles. The molecule has 6 nitrogen and oxygen atoms in total. The predicted octanol–water partition coefficient (Wildman–Crippen LogP) is 2.19. The van der Waals surface area contributed by atoms with Crippen LogP contribution in [0.5, 0.6) is 0 Å². The Bertz CT molecular complexity index is 658. The van der Waals surface area contributed by atoms with Gasteiger partial charge in [-0.05, 0) is 25.3 Å². The number of aryl methyl sites for hydroxylation is 2. The summed E-state index contributed by atoms with van der Waals surface area (Å²) < 4.78 is 37.1. The molecule has 2 rings (SSSR count). The van der Waals surface area contributed by atoms with Crippen LogP contribution in [-0.2, 0) is 21.3 Å². The number of hydrogen-bond acceptors (Lipinski definition) is 6. The van der Waals surface area contributed by atoms with Crippen LogP contribution in [0.3, 0.4) is 0 Å². The Morgan fingerprint density at radius 1 is 1.43 bits per heavy atom. The summed E-state index contributed by atoms with van der Waals surface area (Å²) in [5.41, 5.74) is 0.376. The van der Waals surface area contributed by atoms with Crippen molar-refractivity contribution in [3.63, 3.8) is 0 Å². The molecule has 2 aromatic rings. The molecular formula is C13H18N2O4S2. The number of sulfonamides is 1. The van der Waals surface area contributed by atoms with Gasteiger partial charge in [-0.25, -0.2) is 8.42 Å². The minimum absolute atomic E-state index is 0.148. The van der Waals surface area contributed by atoms with Gasteiger partial charge in [0, 0.05) is 25.1 Å². The van der Waals surface area contributed by atoms with Gasteiger partial charge in [0.15, 0.2) is 5.76 Å². The van der Waals surface area contributed by atoms with Crippen LogP contribution in [0.15, 0.2) is 26.9 Å². The maximum Gasteiger partial charge on any atom is 0.248 e. The van der Waals surface area contributed by atoms with Crippen molar-refractivity contribution in [1.29, 1.82) is 0 Å². The van der Waals surface area contributed by atoms with E-state index in [0.29, 0.717) is 24.6 Å². The lowest BCUT2D eigenvalue weighted by Gasteiger charge is -2.21. The van der Waals surface area contributed by atoms with Crippen molar-refractivity contribution in [2.45, 2.75) is 25.3 Å². The van der Waals surface area contributed by atoms with Gasteiger partial charge in [0.25, 0.3) is 0 Å². The second-order valence-electron chi connectivity index (χ2n) is 4.56. The van der Waals surface area contributed by atoms with Crippen LogP contribution in [0.1, 0.15) is 16.3 Å². The zero-order chi connectivity index (χ0) is 15.5. The molecule has 0 unspecified atom stereocenters. The molecule has 2 aromatic heterocycles. The summed E-state index contributed by atoms with van der Waals surface area (Å²) in [4.78, 5) is 1.12. The van der Waals surface area contributed by atoms with Crippen molar-refractivity contribution in [1.82, 2.24) is 9.46 Å². The van der Waals surface area contributed by atoms with Crippen molar-refractivity contribution < 1.29 is 17.7 Å². The lowest BCUT2D eigenvalue weighted by atomic mass is 10.4. The van der Waals surface area contributed by atoms with Gasteiger partial charge in [-0.15, -0.1) is 11.3 Å². The fourth-order valence-electron chi connectivity index (χ4n) is 2.03. The summed E-state index contributed by atoms with van der Waals surface area (Å²) in [5.74, 6) is 0.307. The molecule has 0 atom stereocenters. The number of nitrogens with zero attached hydrogens (tertiary/aromatic N) is 2. The quantitative estimate of drug-likeness (QED) is 0.778. The van der Waals surface area contributed by atoms with Gasteiger partial charge < -0.3 is 9.26 Å². The molecule has 2 heterocycles. The van der Waals surface area contributed by atoms with Gasteiger partial charge in [0.2, 0.25) is 10.0 Å². The summed E-state index contributed by atoms with van der Waals surface area (Å²) >= 11 is 1.52. The zero-order valence-corrected chi connectivity index (χ0v) is 13.8. The van der Waals surface area contributed by atoms with Crippen LogP contribution in [-0.4, -0.2) is 38.1 Å². The minimum atomic E-state index is -3.66. The first kappa shape index (κ1) is 16.2. The molecule has 0 amide bonds. The third kappa shape index (κ3) is 3.52. The van der Waals surface area contributed by atoms with E-state index in [-0.39, 0.29) is 11.4 Å². The molecule has 0 aliphatic carbocycles. The highest BCUT2D eigenvalue weighted by Gasteiger charge is 2.31. The maximum absolute atomic E-state index is 12.8. The number of thiophene rings is 1. The Balaban J connectivity index is 2.34. The molecule has 8 heteroatoms. The van der Waals surface area contributed by atoms with E-state index in [0.717, 1.165) is 4.88 Å². The largest absolute Gasteiger partial charge is 0.383 e. The van der Waals surface area contributed by atoms with Crippen LogP contribution in [0, 0.1) is 13.8 Å². The average Bonchev–Trinajstić information content (AvgIpc) is 3.04. The van der Waals surface area contributed by atoms with Crippen LogP contribution < -0.4 is 0 Å². The molecule has 0 fully saturated rings. The average molecular weight is 330 g/mol. The van der Waals surface area contributed by atoms with Crippen LogP contribution in [0.4, 0.5) is 0 Å². The Hall–Kier alpha value is -1.22. The number of ether oxygens (including phenoxy) is 1. The van der Waals surface area contributed by atoms with E-state index in [2.05, 4.69) is 5.16 Å². The van der Waals surface area contributed by atoms with E-state index in [1.54, 1.807) is 21.0 Å². The summed E-state index contributed by atoms with van der Waals surface area (Å²) in [6.07, 6.45) is 0. The lowest BCUT2D eigenvalue weighted by Crippen LogP contribution is -2.33. The summed E-state index contributed by atoms with van der Waals surface area (Å²) in [7, 11) is -2.12. The molecule has 0 radical (unpaired) electrons. The Morgan fingerprint density at radius 3 is 2.71 bits per heavy atom.